The van der Waals surface area contributed by atoms with Crippen LogP contribution < -0.4 is 10.1 Å². The summed E-state index contributed by atoms with van der Waals surface area (Å²) < 4.78 is 29.0. The molecule has 0 spiro atoms. The first kappa shape index (κ1) is 19.7. The molecule has 27 heavy (non-hydrogen) atoms. The molecule has 1 saturated carbocycles. The van der Waals surface area contributed by atoms with Gasteiger partial charge in [-0.15, -0.1) is 0 Å². The van der Waals surface area contributed by atoms with Gasteiger partial charge < -0.3 is 15.2 Å². The lowest BCUT2D eigenvalue weighted by Gasteiger charge is -2.28. The van der Waals surface area contributed by atoms with Crippen molar-refractivity contribution in [2.24, 2.45) is 0 Å². The van der Waals surface area contributed by atoms with Gasteiger partial charge >= 0.3 is 0 Å². The second kappa shape index (κ2) is 8.31. The largest absolute Gasteiger partial charge is 0.488 e. The molecule has 0 bridgehead atoms. The standard InChI is InChI=1S/C21H27NO4S/c1-15(16-7-13-19(14-8-16)27(2,24)25)22-17-9-11-18(12-10-17)26-21-6-4-3-5-20(21)23/h7-15,20-23H,3-6H2,1-2H3/t15-,20-,21-/m0/s1. The summed E-state index contributed by atoms with van der Waals surface area (Å²) in [6, 6.07) is 14.7. The Balaban J connectivity index is 1.60. The summed E-state index contributed by atoms with van der Waals surface area (Å²) in [4.78, 5) is 0.324. The number of hydrogen-bond acceptors (Lipinski definition) is 5. The highest BCUT2D eigenvalue weighted by Crippen LogP contribution is 2.26. The lowest BCUT2D eigenvalue weighted by Crippen LogP contribution is -2.34. The molecule has 3 atom stereocenters. The minimum Gasteiger partial charge on any atom is -0.488 e. The molecule has 0 amide bonds. The second-order valence-electron chi connectivity index (χ2n) is 7.24. The highest BCUT2D eigenvalue weighted by Gasteiger charge is 2.24. The van der Waals surface area contributed by atoms with E-state index >= 15 is 0 Å². The summed E-state index contributed by atoms with van der Waals surface area (Å²) in [7, 11) is -3.18. The molecule has 1 fully saturated rings. The van der Waals surface area contributed by atoms with E-state index in [1.54, 1.807) is 12.1 Å². The van der Waals surface area contributed by atoms with E-state index in [0.717, 1.165) is 42.7 Å². The van der Waals surface area contributed by atoms with Crippen LogP contribution in [0.25, 0.3) is 0 Å². The van der Waals surface area contributed by atoms with Gasteiger partial charge in [0, 0.05) is 18.0 Å². The van der Waals surface area contributed by atoms with Crippen molar-refractivity contribution >= 4 is 15.5 Å². The number of nitrogens with one attached hydrogen (secondary N) is 1. The Hall–Kier alpha value is -2.05. The van der Waals surface area contributed by atoms with E-state index in [0.29, 0.717) is 4.90 Å². The van der Waals surface area contributed by atoms with Crippen LogP contribution in [0.3, 0.4) is 0 Å². The third-order valence-corrected chi connectivity index (χ3v) is 6.13. The molecule has 146 valence electrons. The van der Waals surface area contributed by atoms with Crippen molar-refractivity contribution in [1.29, 1.82) is 0 Å². The Bertz CT molecular complexity index is 847. The normalized spacial score (nSPS) is 21.4. The molecule has 1 aliphatic carbocycles. The lowest BCUT2D eigenvalue weighted by molar-refractivity contribution is 0.00688. The van der Waals surface area contributed by atoms with E-state index in [-0.39, 0.29) is 18.2 Å². The minimum absolute atomic E-state index is 0.0329. The van der Waals surface area contributed by atoms with Crippen LogP contribution in [0.5, 0.6) is 5.75 Å². The maximum atomic E-state index is 11.6. The van der Waals surface area contributed by atoms with Crippen LogP contribution in [0, 0.1) is 0 Å². The predicted octanol–water partition coefficient (Wildman–Crippen LogP) is 3.95. The molecule has 5 nitrogen and oxygen atoms in total. The van der Waals surface area contributed by atoms with Gasteiger partial charge in [-0.25, -0.2) is 8.42 Å². The van der Waals surface area contributed by atoms with Gasteiger partial charge in [-0.3, -0.25) is 0 Å². The summed E-state index contributed by atoms with van der Waals surface area (Å²) in [5.41, 5.74) is 1.96. The van der Waals surface area contributed by atoms with Crippen molar-refractivity contribution < 1.29 is 18.3 Å². The summed E-state index contributed by atoms with van der Waals surface area (Å²) in [6.07, 6.45) is 4.56. The Morgan fingerprint density at radius 1 is 1.04 bits per heavy atom. The fourth-order valence-corrected chi connectivity index (χ4v) is 3.99. The lowest BCUT2D eigenvalue weighted by atomic mass is 9.95. The zero-order valence-electron chi connectivity index (χ0n) is 15.8. The van der Waals surface area contributed by atoms with Gasteiger partial charge in [0.15, 0.2) is 9.84 Å². The van der Waals surface area contributed by atoms with Crippen LogP contribution in [0.4, 0.5) is 5.69 Å². The first-order chi connectivity index (χ1) is 12.8. The van der Waals surface area contributed by atoms with Gasteiger partial charge in [0.25, 0.3) is 0 Å². The smallest absolute Gasteiger partial charge is 0.175 e. The Morgan fingerprint density at radius 2 is 1.67 bits per heavy atom. The molecule has 0 saturated heterocycles. The van der Waals surface area contributed by atoms with Crippen molar-refractivity contribution in [3.05, 3.63) is 54.1 Å². The van der Waals surface area contributed by atoms with Crippen molar-refractivity contribution in [1.82, 2.24) is 0 Å². The van der Waals surface area contributed by atoms with Crippen molar-refractivity contribution in [3.8, 4) is 5.75 Å². The molecule has 0 radical (unpaired) electrons. The van der Waals surface area contributed by atoms with Crippen molar-refractivity contribution in [2.45, 2.75) is 55.8 Å². The van der Waals surface area contributed by atoms with Crippen LogP contribution in [-0.4, -0.2) is 32.0 Å². The van der Waals surface area contributed by atoms with Gasteiger partial charge in [0.05, 0.1) is 11.0 Å². The number of aliphatic hydroxyl groups is 1. The monoisotopic (exact) mass is 389 g/mol. The number of aliphatic hydroxyl groups excluding tert-OH is 1. The maximum absolute atomic E-state index is 11.6. The first-order valence-electron chi connectivity index (χ1n) is 9.34. The minimum atomic E-state index is -3.18. The highest BCUT2D eigenvalue weighted by atomic mass is 32.2. The molecular formula is C21H27NO4S. The van der Waals surface area contributed by atoms with E-state index in [4.69, 9.17) is 4.74 Å². The van der Waals surface area contributed by atoms with Crippen molar-refractivity contribution in [2.75, 3.05) is 11.6 Å². The first-order valence-corrected chi connectivity index (χ1v) is 11.2. The SMILES string of the molecule is C[C@H](Nc1ccc(O[C@H]2CCCC[C@@H]2O)cc1)c1ccc(S(C)(=O)=O)cc1. The third-order valence-electron chi connectivity index (χ3n) is 5.00. The van der Waals surface area contributed by atoms with Crippen LogP contribution in [-0.2, 0) is 9.84 Å². The van der Waals surface area contributed by atoms with Crippen molar-refractivity contribution in [3.63, 3.8) is 0 Å². The molecule has 6 heteroatoms. The van der Waals surface area contributed by atoms with Gasteiger partial charge in [-0.1, -0.05) is 18.6 Å². The molecule has 0 aliphatic heterocycles. The number of anilines is 1. The van der Waals surface area contributed by atoms with Gasteiger partial charge in [0.1, 0.15) is 11.9 Å². The number of sulfone groups is 1. The zero-order chi connectivity index (χ0) is 19.4. The van der Waals surface area contributed by atoms with Gasteiger partial charge in [-0.2, -0.15) is 0 Å². The molecule has 0 aromatic heterocycles. The molecule has 0 unspecified atom stereocenters. The molecule has 1 aliphatic rings. The average molecular weight is 390 g/mol. The van der Waals surface area contributed by atoms with Gasteiger partial charge in [-0.05, 0) is 68.1 Å². The highest BCUT2D eigenvalue weighted by molar-refractivity contribution is 7.90. The number of ether oxygens (including phenoxy) is 1. The molecular weight excluding hydrogens is 362 g/mol. The summed E-state index contributed by atoms with van der Waals surface area (Å²) in [5, 5.41) is 13.4. The number of benzene rings is 2. The number of rotatable bonds is 6. The topological polar surface area (TPSA) is 75.6 Å². The van der Waals surface area contributed by atoms with E-state index < -0.39 is 9.84 Å². The second-order valence-corrected chi connectivity index (χ2v) is 9.26. The Labute approximate surface area is 161 Å². The molecule has 0 heterocycles. The van der Waals surface area contributed by atoms with E-state index in [1.807, 2.05) is 43.3 Å². The molecule has 2 aromatic rings. The average Bonchev–Trinajstić information content (AvgIpc) is 2.64. The molecule has 2 N–H and O–H groups in total. The fourth-order valence-electron chi connectivity index (χ4n) is 3.36. The zero-order valence-corrected chi connectivity index (χ0v) is 16.6. The third kappa shape index (κ3) is 5.23. The summed E-state index contributed by atoms with van der Waals surface area (Å²) in [6.45, 7) is 2.03. The predicted molar refractivity (Wildman–Crippen MR) is 107 cm³/mol. The van der Waals surface area contributed by atoms with E-state index in [2.05, 4.69) is 5.32 Å². The molecule has 3 rings (SSSR count). The van der Waals surface area contributed by atoms with Crippen LogP contribution in [0.15, 0.2) is 53.4 Å². The van der Waals surface area contributed by atoms with E-state index in [9.17, 15) is 13.5 Å². The van der Waals surface area contributed by atoms with Crippen LogP contribution in [0.2, 0.25) is 0 Å². The Kier molecular flexibility index (Phi) is 6.07. The Morgan fingerprint density at radius 3 is 2.26 bits per heavy atom. The van der Waals surface area contributed by atoms with Crippen LogP contribution >= 0.6 is 0 Å². The number of hydrogen-bond donors (Lipinski definition) is 2. The fraction of sp³-hybridized carbons (Fsp3) is 0.429. The van der Waals surface area contributed by atoms with Gasteiger partial charge in [0.2, 0.25) is 0 Å². The summed E-state index contributed by atoms with van der Waals surface area (Å²) in [5.74, 6) is 0.761. The maximum Gasteiger partial charge on any atom is 0.175 e. The van der Waals surface area contributed by atoms with E-state index in [1.165, 1.54) is 6.26 Å². The molecule has 2 aromatic carbocycles. The van der Waals surface area contributed by atoms with Crippen LogP contribution in [0.1, 0.15) is 44.2 Å². The quantitative estimate of drug-likeness (QED) is 0.782. The summed E-state index contributed by atoms with van der Waals surface area (Å²) >= 11 is 0.